The summed E-state index contributed by atoms with van der Waals surface area (Å²) in [6, 6.07) is 7.82. The third kappa shape index (κ3) is 6.77. The van der Waals surface area contributed by atoms with Crippen LogP contribution in [-0.4, -0.2) is 41.9 Å². The first-order valence-electron chi connectivity index (χ1n) is 10.5. The molecular formula is C23H27ClN2O5S. The van der Waals surface area contributed by atoms with E-state index in [0.29, 0.717) is 17.1 Å². The summed E-state index contributed by atoms with van der Waals surface area (Å²) in [6.07, 6.45) is 5.04. The van der Waals surface area contributed by atoms with E-state index in [2.05, 4.69) is 15.2 Å². The molecule has 1 aliphatic rings. The number of aryl methyl sites for hydroxylation is 1. The Balaban J connectivity index is 1.55. The van der Waals surface area contributed by atoms with Crippen molar-refractivity contribution in [2.75, 3.05) is 23.9 Å². The van der Waals surface area contributed by atoms with Crippen molar-refractivity contribution in [2.24, 2.45) is 0 Å². The van der Waals surface area contributed by atoms with Crippen molar-refractivity contribution in [3.05, 3.63) is 46.7 Å². The Morgan fingerprint density at radius 3 is 2.72 bits per heavy atom. The molecule has 172 valence electrons. The van der Waals surface area contributed by atoms with Gasteiger partial charge in [-0.1, -0.05) is 41.0 Å². The van der Waals surface area contributed by atoms with Crippen LogP contribution in [0.25, 0.3) is 11.3 Å². The van der Waals surface area contributed by atoms with Crippen molar-refractivity contribution in [1.82, 2.24) is 5.16 Å². The quantitative estimate of drug-likeness (QED) is 0.360. The summed E-state index contributed by atoms with van der Waals surface area (Å²) in [5.41, 5.74) is 3.89. The highest BCUT2D eigenvalue weighted by molar-refractivity contribution is 7.99. The van der Waals surface area contributed by atoms with Gasteiger partial charge in [0.1, 0.15) is 23.7 Å². The Kier molecular flexibility index (Phi) is 9.05. The normalized spacial score (nSPS) is 14.7. The number of nitrogens with one attached hydrogen (secondary N) is 1. The molecule has 1 unspecified atom stereocenters. The molecule has 0 radical (unpaired) electrons. The Hall–Kier alpha value is -2.45. The van der Waals surface area contributed by atoms with Gasteiger partial charge in [-0.3, -0.25) is 10.1 Å². The van der Waals surface area contributed by atoms with Crippen LogP contribution in [0.5, 0.6) is 0 Å². The molecule has 0 saturated heterocycles. The van der Waals surface area contributed by atoms with Gasteiger partial charge in [0.2, 0.25) is 0 Å². The largest absolute Gasteiger partial charge is 0.468 e. The first-order chi connectivity index (χ1) is 15.5. The smallest absolute Gasteiger partial charge is 0.412 e. The lowest BCUT2D eigenvalue weighted by Crippen LogP contribution is -2.23. The second kappa shape index (κ2) is 12.0. The monoisotopic (exact) mass is 478 g/mol. The minimum Gasteiger partial charge on any atom is -0.468 e. The van der Waals surface area contributed by atoms with Crippen LogP contribution in [0.15, 0.2) is 45.7 Å². The summed E-state index contributed by atoms with van der Waals surface area (Å²) in [7, 11) is 1.39. The predicted molar refractivity (Wildman–Crippen MR) is 126 cm³/mol. The molecule has 1 amide bonds. The Labute approximate surface area is 196 Å². The number of hydrogen-bond donors (Lipinski definition) is 1. The average molecular weight is 479 g/mol. The SMILES string of the molecule is COC(=O)CSCCc1ccc(-c2nocc2NC(=O)OC(C)C2=C(Cl)CCCC2)cc1. The number of allylic oxidation sites excluding steroid dienone is 1. The highest BCUT2D eigenvalue weighted by Crippen LogP contribution is 2.31. The van der Waals surface area contributed by atoms with Crippen molar-refractivity contribution in [3.8, 4) is 11.3 Å². The van der Waals surface area contributed by atoms with E-state index in [1.165, 1.54) is 25.1 Å². The highest BCUT2D eigenvalue weighted by Gasteiger charge is 2.21. The van der Waals surface area contributed by atoms with Gasteiger partial charge in [-0.25, -0.2) is 4.79 Å². The van der Waals surface area contributed by atoms with E-state index in [1.54, 1.807) is 0 Å². The summed E-state index contributed by atoms with van der Waals surface area (Å²) < 4.78 is 15.2. The zero-order chi connectivity index (χ0) is 22.9. The lowest BCUT2D eigenvalue weighted by Gasteiger charge is -2.22. The maximum atomic E-state index is 12.4. The fourth-order valence-corrected chi connectivity index (χ4v) is 4.64. The third-order valence-corrected chi connectivity index (χ3v) is 6.60. The minimum absolute atomic E-state index is 0.220. The van der Waals surface area contributed by atoms with Crippen LogP contribution in [0, 0.1) is 0 Å². The molecule has 1 aromatic carbocycles. The number of ether oxygens (including phenoxy) is 2. The molecule has 7 nitrogen and oxygen atoms in total. The zero-order valence-electron chi connectivity index (χ0n) is 18.2. The van der Waals surface area contributed by atoms with Gasteiger partial charge >= 0.3 is 12.1 Å². The van der Waals surface area contributed by atoms with Gasteiger partial charge in [-0.2, -0.15) is 0 Å². The van der Waals surface area contributed by atoms with E-state index in [1.807, 2.05) is 31.2 Å². The summed E-state index contributed by atoms with van der Waals surface area (Å²) in [5.74, 6) is 0.944. The standard InChI is InChI=1S/C23H27ClN2O5S/c1-15(18-5-3-4-6-19(18)24)31-23(28)25-20-13-30-26-22(20)17-9-7-16(8-10-17)11-12-32-14-21(27)29-2/h7-10,13,15H,3-6,11-12,14H2,1-2H3,(H,25,28). The Bertz CT molecular complexity index is 958. The van der Waals surface area contributed by atoms with Gasteiger partial charge in [0.15, 0.2) is 0 Å². The molecule has 0 fully saturated rings. The molecular weight excluding hydrogens is 452 g/mol. The molecule has 0 saturated carbocycles. The maximum Gasteiger partial charge on any atom is 0.412 e. The number of rotatable bonds is 9. The van der Waals surface area contributed by atoms with Gasteiger partial charge in [-0.15, -0.1) is 11.8 Å². The van der Waals surface area contributed by atoms with Crippen LogP contribution in [-0.2, 0) is 20.7 Å². The first kappa shape index (κ1) is 24.2. The molecule has 1 aliphatic carbocycles. The van der Waals surface area contributed by atoms with E-state index in [0.717, 1.165) is 59.6 Å². The summed E-state index contributed by atoms with van der Waals surface area (Å²) in [4.78, 5) is 23.6. The third-order valence-electron chi connectivity index (χ3n) is 5.23. The molecule has 2 aromatic rings. The number of methoxy groups -OCH3 is 1. The van der Waals surface area contributed by atoms with E-state index < -0.39 is 6.09 Å². The van der Waals surface area contributed by atoms with Crippen molar-refractivity contribution in [3.63, 3.8) is 0 Å². The molecule has 3 rings (SSSR count). The van der Waals surface area contributed by atoms with E-state index in [9.17, 15) is 9.59 Å². The molecule has 0 aliphatic heterocycles. The topological polar surface area (TPSA) is 90.7 Å². The van der Waals surface area contributed by atoms with Crippen molar-refractivity contribution in [2.45, 2.75) is 45.1 Å². The number of amides is 1. The fraction of sp³-hybridized carbons (Fsp3) is 0.435. The number of aromatic nitrogens is 1. The van der Waals surface area contributed by atoms with Gasteiger partial charge in [0, 0.05) is 10.6 Å². The van der Waals surface area contributed by atoms with E-state index in [4.69, 9.17) is 20.9 Å². The molecule has 0 bridgehead atoms. The van der Waals surface area contributed by atoms with Crippen LogP contribution >= 0.6 is 23.4 Å². The number of thioether (sulfide) groups is 1. The van der Waals surface area contributed by atoms with Gasteiger partial charge in [0.05, 0.1) is 12.9 Å². The maximum absolute atomic E-state index is 12.4. The van der Waals surface area contributed by atoms with Crippen LogP contribution in [0.3, 0.4) is 0 Å². The molecule has 0 spiro atoms. The molecule has 1 atom stereocenters. The van der Waals surface area contributed by atoms with E-state index in [-0.39, 0.29) is 12.1 Å². The minimum atomic E-state index is -0.580. The van der Waals surface area contributed by atoms with Gasteiger partial charge < -0.3 is 14.0 Å². The highest BCUT2D eigenvalue weighted by atomic mass is 35.5. The summed E-state index contributed by atoms with van der Waals surface area (Å²) in [6.45, 7) is 1.83. The molecule has 1 aromatic heterocycles. The van der Waals surface area contributed by atoms with Crippen LogP contribution in [0.1, 0.15) is 38.2 Å². The lowest BCUT2D eigenvalue weighted by molar-refractivity contribution is -0.137. The number of nitrogens with zero attached hydrogens (tertiary/aromatic N) is 1. The van der Waals surface area contributed by atoms with E-state index >= 15 is 0 Å². The number of hydrogen-bond acceptors (Lipinski definition) is 7. The van der Waals surface area contributed by atoms with Crippen molar-refractivity contribution >= 4 is 41.1 Å². The summed E-state index contributed by atoms with van der Waals surface area (Å²) >= 11 is 7.84. The molecule has 1 heterocycles. The molecule has 1 N–H and O–H groups in total. The zero-order valence-corrected chi connectivity index (χ0v) is 19.8. The van der Waals surface area contributed by atoms with Crippen LogP contribution in [0.2, 0.25) is 0 Å². The predicted octanol–water partition coefficient (Wildman–Crippen LogP) is 5.79. The van der Waals surface area contributed by atoms with Crippen molar-refractivity contribution < 1.29 is 23.6 Å². The van der Waals surface area contributed by atoms with Crippen LogP contribution < -0.4 is 5.32 Å². The second-order valence-electron chi connectivity index (χ2n) is 7.46. The number of esters is 1. The summed E-state index contributed by atoms with van der Waals surface area (Å²) in [5, 5.41) is 7.54. The van der Waals surface area contributed by atoms with Crippen molar-refractivity contribution in [1.29, 1.82) is 0 Å². The Morgan fingerprint density at radius 1 is 1.25 bits per heavy atom. The average Bonchev–Trinajstić information content (AvgIpc) is 3.25. The second-order valence-corrected chi connectivity index (χ2v) is 9.02. The van der Waals surface area contributed by atoms with Crippen LogP contribution in [0.4, 0.5) is 10.5 Å². The number of benzene rings is 1. The number of carbonyl (C=O) groups is 2. The first-order valence-corrected chi connectivity index (χ1v) is 12.0. The number of halogens is 1. The lowest BCUT2D eigenvalue weighted by atomic mass is 9.96. The Morgan fingerprint density at radius 2 is 2.00 bits per heavy atom. The molecule has 9 heteroatoms. The van der Waals surface area contributed by atoms with Gasteiger partial charge in [-0.05, 0) is 55.9 Å². The fourth-order valence-electron chi connectivity index (χ4n) is 3.45. The number of anilines is 1. The molecule has 32 heavy (non-hydrogen) atoms. The van der Waals surface area contributed by atoms with Gasteiger partial charge in [0.25, 0.3) is 0 Å². The number of carbonyl (C=O) groups excluding carboxylic acids is 2.